The molecule has 1 heterocycles. The fourth-order valence-corrected chi connectivity index (χ4v) is 2.73. The molecule has 4 nitrogen and oxygen atoms in total. The quantitative estimate of drug-likeness (QED) is 0.902. The zero-order chi connectivity index (χ0) is 15.6. The van der Waals surface area contributed by atoms with Gasteiger partial charge in [-0.3, -0.25) is 0 Å². The van der Waals surface area contributed by atoms with E-state index in [1.54, 1.807) is 0 Å². The highest BCUT2D eigenvalue weighted by Gasteiger charge is 2.22. The van der Waals surface area contributed by atoms with Crippen LogP contribution < -0.4 is 10.5 Å². The van der Waals surface area contributed by atoms with E-state index in [2.05, 4.69) is 46.7 Å². The first-order chi connectivity index (χ1) is 9.82. The maximum absolute atomic E-state index is 6.01. The number of nitrogen functional groups attached to an aromatic ring is 1. The van der Waals surface area contributed by atoms with Gasteiger partial charge in [0.1, 0.15) is 11.6 Å². The summed E-state index contributed by atoms with van der Waals surface area (Å²) in [5.74, 6) is 1.92. The third-order valence-corrected chi connectivity index (χ3v) is 3.79. The number of rotatable bonds is 3. The average Bonchev–Trinajstić information content (AvgIpc) is 2.41. The van der Waals surface area contributed by atoms with Gasteiger partial charge in [-0.2, -0.15) is 0 Å². The molecule has 0 aliphatic rings. The first-order valence-electron chi connectivity index (χ1n) is 6.89. The molecule has 0 aliphatic heterocycles. The molecule has 0 radical (unpaired) electrons. The minimum atomic E-state index is -0.115. The number of benzene rings is 1. The molecule has 21 heavy (non-hydrogen) atoms. The lowest BCUT2D eigenvalue weighted by atomic mass is 9.91. The standard InChI is InChI=1S/C16H20BrN3O/c1-5-21-11-8-6-10(7-9-11)15-19-13(16(2,3)4)12(17)14(18)20-15/h6-9H,5H2,1-4H3,(H2,18,19,20). The number of halogens is 1. The third-order valence-electron chi connectivity index (χ3n) is 3.01. The topological polar surface area (TPSA) is 61.0 Å². The fourth-order valence-electron chi connectivity index (χ4n) is 1.96. The van der Waals surface area contributed by atoms with Crippen molar-refractivity contribution in [3.05, 3.63) is 34.4 Å². The molecule has 0 bridgehead atoms. The second-order valence-corrected chi connectivity index (χ2v) is 6.60. The summed E-state index contributed by atoms with van der Waals surface area (Å²) in [6.45, 7) is 8.90. The van der Waals surface area contributed by atoms with Crippen LogP contribution in [0.15, 0.2) is 28.7 Å². The second-order valence-electron chi connectivity index (χ2n) is 5.80. The van der Waals surface area contributed by atoms with Gasteiger partial charge in [-0.25, -0.2) is 9.97 Å². The summed E-state index contributed by atoms with van der Waals surface area (Å²) < 4.78 is 6.21. The summed E-state index contributed by atoms with van der Waals surface area (Å²) >= 11 is 3.48. The molecule has 1 aromatic carbocycles. The van der Waals surface area contributed by atoms with Crippen molar-refractivity contribution in [3.8, 4) is 17.1 Å². The Morgan fingerprint density at radius 1 is 1.14 bits per heavy atom. The van der Waals surface area contributed by atoms with Gasteiger partial charge in [0.15, 0.2) is 5.82 Å². The first-order valence-corrected chi connectivity index (χ1v) is 7.69. The minimum Gasteiger partial charge on any atom is -0.494 e. The molecule has 5 heteroatoms. The predicted octanol–water partition coefficient (Wildman–Crippen LogP) is 4.18. The maximum atomic E-state index is 6.01. The van der Waals surface area contributed by atoms with Crippen LogP contribution in [-0.2, 0) is 5.41 Å². The van der Waals surface area contributed by atoms with E-state index in [9.17, 15) is 0 Å². The molecule has 0 amide bonds. The highest BCUT2D eigenvalue weighted by molar-refractivity contribution is 9.10. The highest BCUT2D eigenvalue weighted by atomic mass is 79.9. The summed E-state index contributed by atoms with van der Waals surface area (Å²) in [4.78, 5) is 9.04. The van der Waals surface area contributed by atoms with Crippen LogP contribution in [0.2, 0.25) is 0 Å². The van der Waals surface area contributed by atoms with Gasteiger partial charge in [-0.1, -0.05) is 20.8 Å². The number of hydrogen-bond donors (Lipinski definition) is 1. The number of aromatic nitrogens is 2. The summed E-state index contributed by atoms with van der Waals surface area (Å²) in [7, 11) is 0. The van der Waals surface area contributed by atoms with E-state index in [1.165, 1.54) is 0 Å². The van der Waals surface area contributed by atoms with Gasteiger partial charge < -0.3 is 10.5 Å². The summed E-state index contributed by atoms with van der Waals surface area (Å²) in [6.07, 6.45) is 0. The van der Waals surface area contributed by atoms with Crippen molar-refractivity contribution >= 4 is 21.7 Å². The lowest BCUT2D eigenvalue weighted by molar-refractivity contribution is 0.340. The molecule has 0 atom stereocenters. The van der Waals surface area contributed by atoms with Crippen molar-refractivity contribution in [3.63, 3.8) is 0 Å². The fraction of sp³-hybridized carbons (Fsp3) is 0.375. The molecule has 1 aromatic heterocycles. The van der Waals surface area contributed by atoms with E-state index in [4.69, 9.17) is 10.5 Å². The first kappa shape index (κ1) is 15.8. The molecule has 0 unspecified atom stereocenters. The Labute approximate surface area is 133 Å². The maximum Gasteiger partial charge on any atom is 0.161 e. The Bertz CT molecular complexity index is 633. The van der Waals surface area contributed by atoms with Gasteiger partial charge in [0.05, 0.1) is 16.8 Å². The molecule has 2 aromatic rings. The number of ether oxygens (including phenoxy) is 1. The molecular formula is C16H20BrN3O. The van der Waals surface area contributed by atoms with Crippen molar-refractivity contribution in [1.29, 1.82) is 0 Å². The molecule has 2 N–H and O–H groups in total. The van der Waals surface area contributed by atoms with E-state index >= 15 is 0 Å². The van der Waals surface area contributed by atoms with E-state index in [-0.39, 0.29) is 5.41 Å². The molecular weight excluding hydrogens is 330 g/mol. The summed E-state index contributed by atoms with van der Waals surface area (Å²) in [5.41, 5.74) is 7.72. The Morgan fingerprint density at radius 2 is 1.76 bits per heavy atom. The number of nitrogens with zero attached hydrogens (tertiary/aromatic N) is 2. The Morgan fingerprint density at radius 3 is 2.29 bits per heavy atom. The van der Waals surface area contributed by atoms with Crippen molar-refractivity contribution < 1.29 is 4.74 Å². The van der Waals surface area contributed by atoms with Gasteiger partial charge >= 0.3 is 0 Å². The molecule has 0 fully saturated rings. The zero-order valence-corrected chi connectivity index (χ0v) is 14.4. The van der Waals surface area contributed by atoms with Gasteiger partial charge in [-0.15, -0.1) is 0 Å². The van der Waals surface area contributed by atoms with E-state index in [0.717, 1.165) is 21.5 Å². The molecule has 0 spiro atoms. The molecule has 0 aliphatic carbocycles. The van der Waals surface area contributed by atoms with Crippen molar-refractivity contribution in [2.45, 2.75) is 33.1 Å². The Hall–Kier alpha value is -1.62. The van der Waals surface area contributed by atoms with Crippen LogP contribution in [0.3, 0.4) is 0 Å². The van der Waals surface area contributed by atoms with Crippen molar-refractivity contribution in [1.82, 2.24) is 9.97 Å². The Balaban J connectivity index is 2.47. The van der Waals surface area contributed by atoms with Gasteiger partial charge in [0.2, 0.25) is 0 Å². The van der Waals surface area contributed by atoms with Crippen LogP contribution in [0.4, 0.5) is 5.82 Å². The largest absolute Gasteiger partial charge is 0.494 e. The summed E-state index contributed by atoms with van der Waals surface area (Å²) in [5, 5.41) is 0. The lowest BCUT2D eigenvalue weighted by Gasteiger charge is -2.21. The van der Waals surface area contributed by atoms with Crippen LogP contribution in [0.25, 0.3) is 11.4 Å². The Kier molecular flexibility index (Phi) is 4.52. The van der Waals surface area contributed by atoms with Gasteiger partial charge in [-0.05, 0) is 47.1 Å². The SMILES string of the molecule is CCOc1ccc(-c2nc(N)c(Br)c(C(C)(C)C)n2)cc1. The number of hydrogen-bond acceptors (Lipinski definition) is 4. The third kappa shape index (κ3) is 3.53. The number of nitrogens with two attached hydrogens (primary N) is 1. The van der Waals surface area contributed by atoms with Crippen molar-refractivity contribution in [2.75, 3.05) is 12.3 Å². The van der Waals surface area contributed by atoms with E-state index in [1.807, 2.05) is 31.2 Å². The van der Waals surface area contributed by atoms with Crippen LogP contribution in [0.5, 0.6) is 5.75 Å². The second kappa shape index (κ2) is 6.02. The summed E-state index contributed by atoms with van der Waals surface area (Å²) in [6, 6.07) is 7.72. The lowest BCUT2D eigenvalue weighted by Crippen LogP contribution is -2.17. The molecule has 112 valence electrons. The zero-order valence-electron chi connectivity index (χ0n) is 12.8. The minimum absolute atomic E-state index is 0.115. The van der Waals surface area contributed by atoms with Crippen LogP contribution in [-0.4, -0.2) is 16.6 Å². The van der Waals surface area contributed by atoms with E-state index < -0.39 is 0 Å². The van der Waals surface area contributed by atoms with Gasteiger partial charge in [0.25, 0.3) is 0 Å². The predicted molar refractivity (Wildman–Crippen MR) is 89.4 cm³/mol. The number of anilines is 1. The van der Waals surface area contributed by atoms with E-state index in [0.29, 0.717) is 18.2 Å². The highest BCUT2D eigenvalue weighted by Crippen LogP contribution is 2.33. The van der Waals surface area contributed by atoms with Crippen LogP contribution in [0.1, 0.15) is 33.4 Å². The normalized spacial score (nSPS) is 11.5. The van der Waals surface area contributed by atoms with Crippen LogP contribution in [0, 0.1) is 0 Å². The van der Waals surface area contributed by atoms with Gasteiger partial charge in [0, 0.05) is 11.0 Å². The molecule has 0 saturated heterocycles. The smallest absolute Gasteiger partial charge is 0.161 e. The van der Waals surface area contributed by atoms with Crippen LogP contribution >= 0.6 is 15.9 Å². The average molecular weight is 350 g/mol. The monoisotopic (exact) mass is 349 g/mol. The molecule has 2 rings (SSSR count). The van der Waals surface area contributed by atoms with Crippen molar-refractivity contribution in [2.24, 2.45) is 0 Å². The molecule has 0 saturated carbocycles.